The first kappa shape index (κ1) is 9.33. The van der Waals surface area contributed by atoms with Crippen molar-refractivity contribution in [3.63, 3.8) is 0 Å². The number of hydrogen-bond donors (Lipinski definition) is 1. The number of ether oxygens (including phenoxy) is 1. The Morgan fingerprint density at radius 1 is 1.67 bits per heavy atom. The van der Waals surface area contributed by atoms with E-state index < -0.39 is 0 Å². The Labute approximate surface area is 74.1 Å². The van der Waals surface area contributed by atoms with Gasteiger partial charge in [0, 0.05) is 18.7 Å². The SMILES string of the molecule is CCCCOC1C=CC=C(N)C1. The van der Waals surface area contributed by atoms with E-state index in [0.717, 1.165) is 25.1 Å². The summed E-state index contributed by atoms with van der Waals surface area (Å²) in [5.41, 5.74) is 6.57. The Hall–Kier alpha value is -0.760. The van der Waals surface area contributed by atoms with Gasteiger partial charge in [-0.05, 0) is 12.5 Å². The number of rotatable bonds is 4. The molecule has 0 heterocycles. The summed E-state index contributed by atoms with van der Waals surface area (Å²) in [4.78, 5) is 0. The van der Waals surface area contributed by atoms with Gasteiger partial charge < -0.3 is 10.5 Å². The van der Waals surface area contributed by atoms with Crippen molar-refractivity contribution < 1.29 is 4.74 Å². The third-order valence-corrected chi connectivity index (χ3v) is 1.90. The Morgan fingerprint density at radius 3 is 3.17 bits per heavy atom. The molecule has 0 spiro atoms. The second-order valence-corrected chi connectivity index (χ2v) is 3.09. The van der Waals surface area contributed by atoms with Gasteiger partial charge in [0.2, 0.25) is 0 Å². The summed E-state index contributed by atoms with van der Waals surface area (Å²) in [7, 11) is 0. The molecule has 0 saturated carbocycles. The third kappa shape index (κ3) is 3.09. The molecule has 0 radical (unpaired) electrons. The first-order valence-corrected chi connectivity index (χ1v) is 4.57. The summed E-state index contributed by atoms with van der Waals surface area (Å²) in [6.07, 6.45) is 9.33. The second kappa shape index (κ2) is 4.99. The monoisotopic (exact) mass is 167 g/mol. The lowest BCUT2D eigenvalue weighted by Gasteiger charge is -2.16. The van der Waals surface area contributed by atoms with Crippen LogP contribution in [0.3, 0.4) is 0 Å². The van der Waals surface area contributed by atoms with Crippen LogP contribution in [0, 0.1) is 0 Å². The van der Waals surface area contributed by atoms with Crippen molar-refractivity contribution in [1.82, 2.24) is 0 Å². The Kier molecular flexibility index (Phi) is 3.88. The molecule has 0 aromatic heterocycles. The molecule has 0 amide bonds. The van der Waals surface area contributed by atoms with Crippen LogP contribution < -0.4 is 5.73 Å². The molecule has 68 valence electrons. The van der Waals surface area contributed by atoms with Gasteiger partial charge in [0.15, 0.2) is 0 Å². The number of allylic oxidation sites excluding steroid dienone is 2. The largest absolute Gasteiger partial charge is 0.402 e. The fraction of sp³-hybridized carbons (Fsp3) is 0.600. The van der Waals surface area contributed by atoms with Crippen LogP contribution in [0.25, 0.3) is 0 Å². The Morgan fingerprint density at radius 2 is 2.50 bits per heavy atom. The minimum Gasteiger partial charge on any atom is -0.402 e. The molecule has 1 aliphatic carbocycles. The molecule has 1 aliphatic rings. The topological polar surface area (TPSA) is 35.2 Å². The zero-order valence-electron chi connectivity index (χ0n) is 7.62. The molecule has 2 N–H and O–H groups in total. The van der Waals surface area contributed by atoms with E-state index in [1.54, 1.807) is 0 Å². The van der Waals surface area contributed by atoms with E-state index in [0.29, 0.717) is 0 Å². The highest BCUT2D eigenvalue weighted by atomic mass is 16.5. The Balaban J connectivity index is 2.18. The summed E-state index contributed by atoms with van der Waals surface area (Å²) in [5, 5.41) is 0. The number of unbranched alkanes of at least 4 members (excludes halogenated alkanes) is 1. The summed E-state index contributed by atoms with van der Waals surface area (Å²) < 4.78 is 5.59. The molecular formula is C10H17NO. The van der Waals surface area contributed by atoms with E-state index in [1.807, 2.05) is 12.2 Å². The van der Waals surface area contributed by atoms with Gasteiger partial charge in [-0.3, -0.25) is 0 Å². The molecule has 0 aromatic rings. The molecule has 0 aromatic carbocycles. The van der Waals surface area contributed by atoms with Crippen LogP contribution in [0.2, 0.25) is 0 Å². The van der Waals surface area contributed by atoms with Crippen LogP contribution in [0.15, 0.2) is 23.9 Å². The maximum absolute atomic E-state index is 5.66. The van der Waals surface area contributed by atoms with Crippen molar-refractivity contribution in [1.29, 1.82) is 0 Å². The molecule has 1 atom stereocenters. The Bertz CT molecular complexity index is 184. The minimum atomic E-state index is 0.210. The predicted octanol–water partition coefficient (Wildman–Crippen LogP) is 1.97. The molecule has 0 aliphatic heterocycles. The molecule has 2 nitrogen and oxygen atoms in total. The lowest BCUT2D eigenvalue weighted by Crippen LogP contribution is -2.17. The van der Waals surface area contributed by atoms with Gasteiger partial charge in [0.25, 0.3) is 0 Å². The zero-order valence-corrected chi connectivity index (χ0v) is 7.62. The van der Waals surface area contributed by atoms with Gasteiger partial charge in [-0.25, -0.2) is 0 Å². The molecule has 0 fully saturated rings. The van der Waals surface area contributed by atoms with E-state index in [9.17, 15) is 0 Å². The van der Waals surface area contributed by atoms with E-state index in [-0.39, 0.29) is 6.10 Å². The smallest absolute Gasteiger partial charge is 0.0813 e. The average Bonchev–Trinajstić information content (AvgIpc) is 2.05. The molecular weight excluding hydrogens is 150 g/mol. The fourth-order valence-corrected chi connectivity index (χ4v) is 1.16. The van der Waals surface area contributed by atoms with Crippen molar-refractivity contribution in [2.75, 3.05) is 6.61 Å². The first-order chi connectivity index (χ1) is 5.83. The highest BCUT2D eigenvalue weighted by Gasteiger charge is 2.08. The van der Waals surface area contributed by atoms with Gasteiger partial charge in [-0.15, -0.1) is 0 Å². The lowest BCUT2D eigenvalue weighted by molar-refractivity contribution is 0.0821. The maximum Gasteiger partial charge on any atom is 0.0813 e. The van der Waals surface area contributed by atoms with Gasteiger partial charge in [0.1, 0.15) is 0 Å². The zero-order chi connectivity index (χ0) is 8.81. The van der Waals surface area contributed by atoms with Gasteiger partial charge in [-0.2, -0.15) is 0 Å². The summed E-state index contributed by atoms with van der Waals surface area (Å²) in [6, 6.07) is 0. The van der Waals surface area contributed by atoms with E-state index in [4.69, 9.17) is 10.5 Å². The minimum absolute atomic E-state index is 0.210. The predicted molar refractivity (Wildman–Crippen MR) is 50.7 cm³/mol. The standard InChI is InChI=1S/C10H17NO/c1-2-3-7-12-10-6-4-5-9(11)8-10/h4-6,10H,2-3,7-8,11H2,1H3. The molecule has 1 unspecified atom stereocenters. The third-order valence-electron chi connectivity index (χ3n) is 1.90. The normalized spacial score (nSPS) is 22.4. The highest BCUT2D eigenvalue weighted by molar-refractivity contribution is 5.18. The van der Waals surface area contributed by atoms with Crippen LogP contribution >= 0.6 is 0 Å². The van der Waals surface area contributed by atoms with Crippen molar-refractivity contribution in [3.05, 3.63) is 23.9 Å². The van der Waals surface area contributed by atoms with Gasteiger partial charge in [-0.1, -0.05) is 25.5 Å². The highest BCUT2D eigenvalue weighted by Crippen LogP contribution is 2.11. The molecule has 0 saturated heterocycles. The van der Waals surface area contributed by atoms with Crippen molar-refractivity contribution >= 4 is 0 Å². The van der Waals surface area contributed by atoms with Crippen LogP contribution in [0.5, 0.6) is 0 Å². The first-order valence-electron chi connectivity index (χ1n) is 4.57. The number of nitrogens with two attached hydrogens (primary N) is 1. The second-order valence-electron chi connectivity index (χ2n) is 3.09. The molecule has 0 bridgehead atoms. The molecule has 12 heavy (non-hydrogen) atoms. The maximum atomic E-state index is 5.66. The van der Waals surface area contributed by atoms with E-state index >= 15 is 0 Å². The van der Waals surface area contributed by atoms with E-state index in [2.05, 4.69) is 13.0 Å². The van der Waals surface area contributed by atoms with Crippen molar-refractivity contribution in [2.24, 2.45) is 5.73 Å². The average molecular weight is 167 g/mol. The van der Waals surface area contributed by atoms with Crippen LogP contribution in [-0.2, 0) is 4.74 Å². The number of hydrogen-bond acceptors (Lipinski definition) is 2. The lowest BCUT2D eigenvalue weighted by atomic mass is 10.1. The summed E-state index contributed by atoms with van der Waals surface area (Å²) >= 11 is 0. The summed E-state index contributed by atoms with van der Waals surface area (Å²) in [5.74, 6) is 0. The molecule has 2 heteroatoms. The fourth-order valence-electron chi connectivity index (χ4n) is 1.16. The van der Waals surface area contributed by atoms with Gasteiger partial charge >= 0.3 is 0 Å². The quantitative estimate of drug-likeness (QED) is 0.650. The van der Waals surface area contributed by atoms with Crippen molar-refractivity contribution in [2.45, 2.75) is 32.3 Å². The molecule has 1 rings (SSSR count). The van der Waals surface area contributed by atoms with E-state index in [1.165, 1.54) is 6.42 Å². The van der Waals surface area contributed by atoms with Crippen molar-refractivity contribution in [3.8, 4) is 0 Å². The van der Waals surface area contributed by atoms with Crippen LogP contribution in [0.4, 0.5) is 0 Å². The van der Waals surface area contributed by atoms with Crippen LogP contribution in [0.1, 0.15) is 26.2 Å². The summed E-state index contributed by atoms with van der Waals surface area (Å²) in [6.45, 7) is 3.01. The van der Waals surface area contributed by atoms with Crippen LogP contribution in [-0.4, -0.2) is 12.7 Å². The van der Waals surface area contributed by atoms with Gasteiger partial charge in [0.05, 0.1) is 6.10 Å².